The van der Waals surface area contributed by atoms with Gasteiger partial charge in [-0.3, -0.25) is 10.1 Å². The molecule has 1 unspecified atom stereocenters. The fourth-order valence-electron chi connectivity index (χ4n) is 2.44. The van der Waals surface area contributed by atoms with E-state index in [1.807, 2.05) is 13.0 Å². The first-order valence-corrected chi connectivity index (χ1v) is 7.78. The quantitative estimate of drug-likeness (QED) is 0.356. The number of ether oxygens (including phenoxy) is 1. The predicted molar refractivity (Wildman–Crippen MR) is 90.6 cm³/mol. The molecule has 0 saturated heterocycles. The van der Waals surface area contributed by atoms with E-state index in [1.54, 1.807) is 13.0 Å². The lowest BCUT2D eigenvalue weighted by Crippen LogP contribution is -2.45. The average molecular weight is 345 g/mol. The Labute approximate surface area is 144 Å². The summed E-state index contributed by atoms with van der Waals surface area (Å²) >= 11 is 0. The van der Waals surface area contributed by atoms with Gasteiger partial charge in [-0.05, 0) is 31.0 Å². The van der Waals surface area contributed by atoms with E-state index in [0.29, 0.717) is 11.3 Å². The molecule has 132 valence electrons. The molecule has 0 aromatic heterocycles. The molecular weight excluding hydrogens is 326 g/mol. The van der Waals surface area contributed by atoms with Gasteiger partial charge in [0.25, 0.3) is 5.69 Å². The number of allylic oxidation sites excluding steroid dienone is 2. The highest BCUT2D eigenvalue weighted by atomic mass is 16.6. The fourth-order valence-corrected chi connectivity index (χ4v) is 2.44. The summed E-state index contributed by atoms with van der Waals surface area (Å²) in [4.78, 5) is 34.5. The van der Waals surface area contributed by atoms with Crippen LogP contribution in [0, 0.1) is 10.1 Å². The number of benzene rings is 1. The number of carbonyl (C=O) groups is 2. The molecule has 0 radical (unpaired) electrons. The first-order chi connectivity index (χ1) is 11.9. The lowest BCUT2D eigenvalue weighted by Gasteiger charge is -2.28. The van der Waals surface area contributed by atoms with Crippen molar-refractivity contribution in [2.75, 3.05) is 6.61 Å². The monoisotopic (exact) mass is 345 g/mol. The van der Waals surface area contributed by atoms with Crippen LogP contribution in [0.5, 0.6) is 0 Å². The maximum absolute atomic E-state index is 12.4. The molecule has 1 aliphatic rings. The Hall–Kier alpha value is -3.16. The van der Waals surface area contributed by atoms with Crippen molar-refractivity contribution in [2.24, 2.45) is 0 Å². The van der Waals surface area contributed by atoms with Crippen LogP contribution in [0.1, 0.15) is 31.9 Å². The highest BCUT2D eigenvalue weighted by Crippen LogP contribution is 2.28. The molecule has 0 saturated carbocycles. The third-order valence-electron chi connectivity index (χ3n) is 3.64. The van der Waals surface area contributed by atoms with Crippen molar-refractivity contribution in [1.29, 1.82) is 0 Å². The second-order valence-electron chi connectivity index (χ2n) is 5.40. The molecule has 2 N–H and O–H groups in total. The summed E-state index contributed by atoms with van der Waals surface area (Å²) in [6, 6.07) is 4.47. The number of hydrogen-bond donors (Lipinski definition) is 2. The summed E-state index contributed by atoms with van der Waals surface area (Å²) in [6.07, 6.45) is 4.45. The van der Waals surface area contributed by atoms with E-state index in [0.717, 1.165) is 6.42 Å². The number of non-ortho nitro benzene ring substituents is 1. The Bertz CT molecular complexity index is 737. The lowest BCUT2D eigenvalue weighted by atomic mass is 9.95. The van der Waals surface area contributed by atoms with Crippen LogP contribution in [0.2, 0.25) is 0 Å². The first kappa shape index (κ1) is 18.2. The van der Waals surface area contributed by atoms with Gasteiger partial charge in [-0.25, -0.2) is 9.59 Å². The molecule has 2 amide bonds. The molecule has 8 nitrogen and oxygen atoms in total. The zero-order chi connectivity index (χ0) is 18.4. The van der Waals surface area contributed by atoms with Crippen LogP contribution >= 0.6 is 0 Å². The molecule has 0 fully saturated rings. The summed E-state index contributed by atoms with van der Waals surface area (Å²) in [5, 5.41) is 16.0. The summed E-state index contributed by atoms with van der Waals surface area (Å²) in [5.41, 5.74) is 1.13. The second-order valence-corrected chi connectivity index (χ2v) is 5.40. The van der Waals surface area contributed by atoms with Gasteiger partial charge in [0.2, 0.25) is 0 Å². The summed E-state index contributed by atoms with van der Waals surface area (Å²) in [7, 11) is 0. The minimum Gasteiger partial charge on any atom is -0.458 e. The van der Waals surface area contributed by atoms with Gasteiger partial charge in [0, 0.05) is 17.8 Å². The number of amides is 2. The molecule has 8 heteroatoms. The smallest absolute Gasteiger partial charge is 0.338 e. The van der Waals surface area contributed by atoms with Crippen molar-refractivity contribution in [3.05, 3.63) is 63.4 Å². The van der Waals surface area contributed by atoms with Gasteiger partial charge in [0.1, 0.15) is 6.61 Å². The van der Waals surface area contributed by atoms with Crippen LogP contribution in [0.25, 0.3) is 0 Å². The van der Waals surface area contributed by atoms with Crippen molar-refractivity contribution < 1.29 is 19.2 Å². The lowest BCUT2D eigenvalue weighted by molar-refractivity contribution is -0.384. The highest BCUT2D eigenvalue weighted by Gasteiger charge is 2.32. The molecule has 0 aliphatic carbocycles. The number of nitrogens with zero attached hydrogens (tertiary/aromatic N) is 1. The minimum absolute atomic E-state index is 0.0708. The van der Waals surface area contributed by atoms with E-state index >= 15 is 0 Å². The molecule has 0 bridgehead atoms. The zero-order valence-corrected chi connectivity index (χ0v) is 13.9. The summed E-state index contributed by atoms with van der Waals surface area (Å²) in [6.45, 7) is 3.70. The standard InChI is InChI=1S/C17H19N3O5/c1-3-4-5-10-25-16(21)14-11(2)18-17(22)19-15(14)12-6-8-13(9-7-12)20(23)24/h4-9,15H,3,10H2,1-2H3,(H2,18,19,22)/b5-4+. The van der Waals surface area contributed by atoms with Gasteiger partial charge < -0.3 is 15.4 Å². The van der Waals surface area contributed by atoms with Crippen LogP contribution in [-0.2, 0) is 9.53 Å². The Morgan fingerprint density at radius 2 is 2.00 bits per heavy atom. The van der Waals surface area contributed by atoms with Crippen LogP contribution < -0.4 is 10.6 Å². The number of hydrogen-bond acceptors (Lipinski definition) is 5. The first-order valence-electron chi connectivity index (χ1n) is 7.78. The molecule has 1 atom stereocenters. The van der Waals surface area contributed by atoms with Crippen molar-refractivity contribution >= 4 is 17.7 Å². The Morgan fingerprint density at radius 1 is 1.32 bits per heavy atom. The number of nitro groups is 1. The molecule has 1 aromatic rings. The third kappa shape index (κ3) is 4.43. The maximum atomic E-state index is 12.4. The third-order valence-corrected chi connectivity index (χ3v) is 3.64. The van der Waals surface area contributed by atoms with E-state index < -0.39 is 23.0 Å². The molecule has 25 heavy (non-hydrogen) atoms. The van der Waals surface area contributed by atoms with E-state index in [2.05, 4.69) is 10.6 Å². The molecule has 2 rings (SSSR count). The van der Waals surface area contributed by atoms with Gasteiger partial charge >= 0.3 is 12.0 Å². The SMILES string of the molecule is CC/C=C/COC(=O)C1=C(C)NC(=O)NC1c1ccc([N+](=O)[O-])cc1. The van der Waals surface area contributed by atoms with E-state index in [1.165, 1.54) is 24.3 Å². The maximum Gasteiger partial charge on any atom is 0.338 e. The predicted octanol–water partition coefficient (Wildman–Crippen LogP) is 2.73. The Kier molecular flexibility index (Phi) is 5.89. The Morgan fingerprint density at radius 3 is 2.60 bits per heavy atom. The average Bonchev–Trinajstić information content (AvgIpc) is 2.58. The summed E-state index contributed by atoms with van der Waals surface area (Å²) < 4.78 is 5.22. The number of rotatable bonds is 6. The number of esters is 1. The van der Waals surface area contributed by atoms with Crippen LogP contribution in [-0.4, -0.2) is 23.5 Å². The summed E-state index contributed by atoms with van der Waals surface area (Å²) in [5.74, 6) is -0.561. The van der Waals surface area contributed by atoms with Crippen LogP contribution in [0.3, 0.4) is 0 Å². The van der Waals surface area contributed by atoms with Crippen LogP contribution in [0.4, 0.5) is 10.5 Å². The van der Waals surface area contributed by atoms with Crippen molar-refractivity contribution in [3.8, 4) is 0 Å². The van der Waals surface area contributed by atoms with E-state index in [9.17, 15) is 19.7 Å². The number of nitrogens with one attached hydrogen (secondary N) is 2. The van der Waals surface area contributed by atoms with Gasteiger partial charge in [-0.15, -0.1) is 0 Å². The van der Waals surface area contributed by atoms with Gasteiger partial charge in [0.15, 0.2) is 0 Å². The zero-order valence-electron chi connectivity index (χ0n) is 13.9. The minimum atomic E-state index is -0.739. The van der Waals surface area contributed by atoms with Gasteiger partial charge in [-0.1, -0.05) is 19.1 Å². The number of carbonyl (C=O) groups excluding carboxylic acids is 2. The topological polar surface area (TPSA) is 111 Å². The number of nitro benzene ring substituents is 1. The second kappa shape index (κ2) is 8.09. The van der Waals surface area contributed by atoms with Crippen molar-refractivity contribution in [2.45, 2.75) is 26.3 Å². The highest BCUT2D eigenvalue weighted by molar-refractivity contribution is 5.95. The number of urea groups is 1. The van der Waals surface area contributed by atoms with E-state index in [4.69, 9.17) is 4.74 Å². The Balaban J connectivity index is 2.28. The van der Waals surface area contributed by atoms with E-state index in [-0.39, 0.29) is 17.9 Å². The van der Waals surface area contributed by atoms with Crippen molar-refractivity contribution in [3.63, 3.8) is 0 Å². The van der Waals surface area contributed by atoms with Crippen molar-refractivity contribution in [1.82, 2.24) is 10.6 Å². The molecule has 1 aliphatic heterocycles. The van der Waals surface area contributed by atoms with Gasteiger partial charge in [-0.2, -0.15) is 0 Å². The molecular formula is C17H19N3O5. The normalized spacial score (nSPS) is 17.2. The molecule has 0 spiro atoms. The van der Waals surface area contributed by atoms with Gasteiger partial charge in [0.05, 0.1) is 16.5 Å². The largest absolute Gasteiger partial charge is 0.458 e. The molecule has 1 heterocycles. The molecule has 1 aromatic carbocycles. The fraction of sp³-hybridized carbons (Fsp3) is 0.294. The van der Waals surface area contributed by atoms with Crippen LogP contribution in [0.15, 0.2) is 47.7 Å².